The number of nitrogen functional groups attached to an aromatic ring is 1. The molecule has 16 nitrogen and oxygen atoms in total. The Morgan fingerprint density at radius 2 is 1.75 bits per heavy atom. The number of nitrogens with two attached hydrogens (primary N) is 1. The molecular weight excluding hydrogens is 686 g/mol. The first-order valence-electron chi connectivity index (χ1n) is 17.5. The monoisotopic (exact) mass is 723 g/mol. The summed E-state index contributed by atoms with van der Waals surface area (Å²) in [4.78, 5) is 76.1. The minimum atomic E-state index is -1.07. The van der Waals surface area contributed by atoms with E-state index in [0.717, 1.165) is 30.6 Å². The molecule has 3 aromatic rings. The fraction of sp³-hybridized carbons (Fsp3) is 0.405. The number of fused-ring (bicyclic) bond motifs is 1. The van der Waals surface area contributed by atoms with Gasteiger partial charge < -0.3 is 30.9 Å². The van der Waals surface area contributed by atoms with Gasteiger partial charge >= 0.3 is 0 Å². The summed E-state index contributed by atoms with van der Waals surface area (Å²) in [6.07, 6.45) is 4.19. The van der Waals surface area contributed by atoms with E-state index in [1.807, 2.05) is 0 Å². The second-order valence-corrected chi connectivity index (χ2v) is 14.7. The number of imide groups is 2. The quantitative estimate of drug-likeness (QED) is 0.158. The summed E-state index contributed by atoms with van der Waals surface area (Å²) in [5.74, 6) is -2.11. The molecule has 3 heterocycles. The van der Waals surface area contributed by atoms with Crippen LogP contribution in [0.2, 0.25) is 0 Å². The van der Waals surface area contributed by atoms with Crippen LogP contribution in [-0.4, -0.2) is 87.0 Å². The number of para-hydroxylation sites is 1. The van der Waals surface area contributed by atoms with Gasteiger partial charge in [0.2, 0.25) is 17.7 Å². The zero-order valence-corrected chi connectivity index (χ0v) is 28.6. The highest BCUT2D eigenvalue weighted by molar-refractivity contribution is 6.23. The first kappa shape index (κ1) is 34.0. The number of anilines is 1. The Labute approximate surface area is 302 Å². The largest absolute Gasteiger partial charge is 0.507 e. The third-order valence-electron chi connectivity index (χ3n) is 11.0. The normalized spacial score (nSPS) is 26.5. The highest BCUT2D eigenvalue weighted by Gasteiger charge is 2.68. The van der Waals surface area contributed by atoms with Gasteiger partial charge in [0.05, 0.1) is 17.7 Å². The van der Waals surface area contributed by atoms with Crippen molar-refractivity contribution in [2.45, 2.75) is 56.5 Å². The number of aromatic nitrogens is 2. The smallest absolute Gasteiger partial charge is 0.262 e. The maximum absolute atomic E-state index is 13.0. The second-order valence-electron chi connectivity index (χ2n) is 14.7. The number of piperidine rings is 1. The molecular formula is C37H37N7O9. The molecule has 6 amide bonds. The number of hydrogen-bond donors (Lipinski definition) is 5. The van der Waals surface area contributed by atoms with Crippen molar-refractivity contribution < 1.29 is 43.3 Å². The minimum Gasteiger partial charge on any atom is -0.507 e. The summed E-state index contributed by atoms with van der Waals surface area (Å²) in [5, 5.41) is 26.4. The van der Waals surface area contributed by atoms with Crippen LogP contribution in [0.5, 0.6) is 17.2 Å². The zero-order valence-electron chi connectivity index (χ0n) is 28.6. The summed E-state index contributed by atoms with van der Waals surface area (Å²) in [6, 6.07) is 11.7. The molecule has 4 saturated carbocycles. The number of rotatable bonds is 13. The molecule has 5 fully saturated rings. The Balaban J connectivity index is 0.740. The van der Waals surface area contributed by atoms with E-state index in [2.05, 4.69) is 26.1 Å². The number of ether oxygens (including phenoxy) is 2. The molecule has 0 spiro atoms. The highest BCUT2D eigenvalue weighted by atomic mass is 16.5. The zero-order chi connectivity index (χ0) is 37.1. The van der Waals surface area contributed by atoms with Gasteiger partial charge in [-0.2, -0.15) is 0 Å². The maximum atomic E-state index is 13.0. The van der Waals surface area contributed by atoms with Crippen LogP contribution in [0.1, 0.15) is 65.7 Å². The molecule has 4 aliphatic carbocycles. The van der Waals surface area contributed by atoms with Crippen molar-refractivity contribution in [2.75, 3.05) is 25.5 Å². The lowest BCUT2D eigenvalue weighted by Crippen LogP contribution is -2.75. The number of phenolic OH excluding ortho intramolecular Hbond substituents is 1. The van der Waals surface area contributed by atoms with Crippen LogP contribution in [0.3, 0.4) is 0 Å². The predicted octanol–water partition coefficient (Wildman–Crippen LogP) is 1.47. The molecule has 3 unspecified atom stereocenters. The SMILES string of the molecule is Nc1nnc(-c2ccccc2O)cc1OCCC12CC(NC(=O)C3CC3CNC(=O)COc3ccc4c(c3)C(=O)N(C3CCC(=O)NC3=O)C4=O)(C1)C2. The summed E-state index contributed by atoms with van der Waals surface area (Å²) in [5.41, 5.74) is 7.09. The lowest BCUT2D eigenvalue weighted by Gasteiger charge is -2.71. The number of nitrogens with one attached hydrogen (secondary N) is 3. The van der Waals surface area contributed by atoms with Crippen LogP contribution in [0.4, 0.5) is 5.82 Å². The molecule has 6 N–H and O–H groups in total. The van der Waals surface area contributed by atoms with Gasteiger partial charge in [-0.25, -0.2) is 0 Å². The van der Waals surface area contributed by atoms with Gasteiger partial charge in [-0.05, 0) is 80.2 Å². The summed E-state index contributed by atoms with van der Waals surface area (Å²) in [6.45, 7) is 0.422. The molecule has 16 heteroatoms. The molecule has 3 atom stereocenters. The Kier molecular flexibility index (Phi) is 8.26. The molecule has 0 radical (unpaired) electrons. The molecule has 9 rings (SSSR count). The molecule has 1 saturated heterocycles. The Morgan fingerprint density at radius 1 is 0.981 bits per heavy atom. The van der Waals surface area contributed by atoms with Crippen molar-refractivity contribution >= 4 is 41.3 Å². The van der Waals surface area contributed by atoms with Gasteiger partial charge in [-0.1, -0.05) is 12.1 Å². The van der Waals surface area contributed by atoms with Crippen LogP contribution in [0.25, 0.3) is 11.3 Å². The van der Waals surface area contributed by atoms with E-state index in [1.54, 1.807) is 30.3 Å². The third kappa shape index (κ3) is 6.38. The van der Waals surface area contributed by atoms with E-state index in [0.29, 0.717) is 36.6 Å². The van der Waals surface area contributed by atoms with Crippen molar-refractivity contribution in [3.05, 3.63) is 59.7 Å². The number of phenols is 1. The number of aromatic hydroxyl groups is 1. The summed E-state index contributed by atoms with van der Waals surface area (Å²) < 4.78 is 11.5. The average molecular weight is 724 g/mol. The molecule has 6 aliphatic rings. The standard InChI is InChI=1S/C37H37N7O9/c38-31-28(13-25(42-43-31)22-3-1-2-4-27(22)45)52-10-9-36-16-37(17-36,18-36)41-32(48)23-11-19(23)14-39-30(47)15-53-20-5-6-21-24(12-20)35(51)44(34(21)50)26-7-8-29(46)40-33(26)49/h1-6,12-13,19,23,26,45H,7-11,14-18H2,(H2,38,43)(H,39,47)(H,41,48)(H,40,46,49). The first-order chi connectivity index (χ1) is 25.4. The van der Waals surface area contributed by atoms with E-state index in [1.165, 1.54) is 18.2 Å². The molecule has 2 aliphatic heterocycles. The number of benzene rings is 2. The number of hydrogen-bond acceptors (Lipinski definition) is 12. The van der Waals surface area contributed by atoms with Gasteiger partial charge in [0.15, 0.2) is 18.2 Å². The first-order valence-corrected chi connectivity index (χ1v) is 17.5. The van der Waals surface area contributed by atoms with Crippen molar-refractivity contribution in [3.63, 3.8) is 0 Å². The lowest BCUT2D eigenvalue weighted by molar-refractivity contribution is -0.171. The van der Waals surface area contributed by atoms with E-state index in [-0.39, 0.29) is 76.6 Å². The van der Waals surface area contributed by atoms with Crippen LogP contribution < -0.4 is 31.2 Å². The van der Waals surface area contributed by atoms with Crippen LogP contribution in [0.15, 0.2) is 48.5 Å². The maximum Gasteiger partial charge on any atom is 0.262 e. The molecule has 274 valence electrons. The number of amides is 6. The average Bonchev–Trinajstić information content (AvgIpc) is 3.85. The molecule has 53 heavy (non-hydrogen) atoms. The number of carbonyl (C=O) groups excluding carboxylic acids is 6. The Bertz CT molecular complexity index is 2070. The van der Waals surface area contributed by atoms with Gasteiger partial charge in [0.25, 0.3) is 17.7 Å². The van der Waals surface area contributed by atoms with Crippen LogP contribution in [-0.2, 0) is 19.2 Å². The van der Waals surface area contributed by atoms with E-state index in [9.17, 15) is 33.9 Å². The summed E-state index contributed by atoms with van der Waals surface area (Å²) in [7, 11) is 0. The number of carbonyl (C=O) groups is 6. The minimum absolute atomic E-state index is 0.00100. The van der Waals surface area contributed by atoms with Crippen molar-refractivity contribution in [1.82, 2.24) is 31.0 Å². The fourth-order valence-corrected chi connectivity index (χ4v) is 8.23. The van der Waals surface area contributed by atoms with Crippen molar-refractivity contribution in [3.8, 4) is 28.5 Å². The second kappa shape index (κ2) is 12.9. The van der Waals surface area contributed by atoms with Crippen molar-refractivity contribution in [2.24, 2.45) is 17.3 Å². The highest BCUT2D eigenvalue weighted by Crippen LogP contribution is 2.69. The Hall–Kier alpha value is -6.06. The van der Waals surface area contributed by atoms with Gasteiger partial charge in [0, 0.05) is 36.1 Å². The number of nitrogens with zero attached hydrogens (tertiary/aromatic N) is 3. The molecule has 2 aromatic carbocycles. The topological polar surface area (TPSA) is 232 Å². The fourth-order valence-electron chi connectivity index (χ4n) is 8.23. The van der Waals surface area contributed by atoms with Gasteiger partial charge in [0.1, 0.15) is 23.2 Å². The summed E-state index contributed by atoms with van der Waals surface area (Å²) >= 11 is 0. The van der Waals surface area contributed by atoms with Gasteiger partial charge in [-0.3, -0.25) is 39.0 Å². The lowest BCUT2D eigenvalue weighted by atomic mass is 9.38. The predicted molar refractivity (Wildman–Crippen MR) is 184 cm³/mol. The van der Waals surface area contributed by atoms with E-state index >= 15 is 0 Å². The van der Waals surface area contributed by atoms with E-state index in [4.69, 9.17) is 15.2 Å². The van der Waals surface area contributed by atoms with Crippen molar-refractivity contribution in [1.29, 1.82) is 0 Å². The van der Waals surface area contributed by atoms with E-state index < -0.39 is 35.6 Å². The Morgan fingerprint density at radius 3 is 2.53 bits per heavy atom. The van der Waals surface area contributed by atoms with Crippen LogP contribution >= 0.6 is 0 Å². The van der Waals surface area contributed by atoms with Crippen LogP contribution in [0, 0.1) is 17.3 Å². The molecule has 1 aromatic heterocycles. The molecule has 2 bridgehead atoms. The van der Waals surface area contributed by atoms with Gasteiger partial charge in [-0.15, -0.1) is 10.2 Å². The third-order valence-corrected chi connectivity index (χ3v) is 11.0.